The van der Waals surface area contributed by atoms with Crippen molar-refractivity contribution in [3.05, 3.63) is 0 Å². The molecule has 0 spiro atoms. The summed E-state index contributed by atoms with van der Waals surface area (Å²) in [4.78, 5) is 0. The van der Waals surface area contributed by atoms with Gasteiger partial charge < -0.3 is 0 Å². The molecule has 0 aliphatic rings. The number of hydrogen-bond donors (Lipinski definition) is 2. The fourth-order valence-corrected chi connectivity index (χ4v) is 2.00. The van der Waals surface area contributed by atoms with E-state index in [2.05, 4.69) is 12.3 Å². The van der Waals surface area contributed by atoms with Crippen LogP contribution < -0.4 is 11.3 Å². The molecule has 0 aromatic carbocycles. The normalized spacial score (nSPS) is 13.8. The molecule has 0 aliphatic heterocycles. The Morgan fingerprint density at radius 2 is 1.50 bits per heavy atom. The van der Waals surface area contributed by atoms with E-state index in [4.69, 9.17) is 5.84 Å². The van der Waals surface area contributed by atoms with Crippen LogP contribution >= 0.6 is 0 Å². The van der Waals surface area contributed by atoms with Crippen molar-refractivity contribution >= 4 is 0 Å². The lowest BCUT2D eigenvalue weighted by molar-refractivity contribution is -0.136. The predicted molar refractivity (Wildman–Crippen MR) is 69.0 cm³/mol. The molecule has 0 bridgehead atoms. The average molecular weight is 268 g/mol. The Hall–Kier alpha value is -0.290. The first kappa shape index (κ1) is 17.7. The molecule has 5 heteroatoms. The first-order chi connectivity index (χ1) is 8.49. The van der Waals surface area contributed by atoms with Gasteiger partial charge in [0.25, 0.3) is 0 Å². The van der Waals surface area contributed by atoms with Crippen LogP contribution in [0.1, 0.15) is 71.1 Å². The van der Waals surface area contributed by atoms with Gasteiger partial charge in [0.1, 0.15) is 0 Å². The third-order valence-corrected chi connectivity index (χ3v) is 3.17. The van der Waals surface area contributed by atoms with Crippen molar-refractivity contribution in [1.82, 2.24) is 5.43 Å². The van der Waals surface area contributed by atoms with Gasteiger partial charge in [0.05, 0.1) is 0 Å². The summed E-state index contributed by atoms with van der Waals surface area (Å²) in [5, 5.41) is 0. The molecular weight excluding hydrogens is 241 g/mol. The third-order valence-electron chi connectivity index (χ3n) is 3.17. The van der Waals surface area contributed by atoms with E-state index in [0.29, 0.717) is 0 Å². The molecule has 18 heavy (non-hydrogen) atoms. The molecule has 0 saturated heterocycles. The molecule has 0 heterocycles. The van der Waals surface area contributed by atoms with Crippen LogP contribution in [0.15, 0.2) is 0 Å². The Morgan fingerprint density at radius 3 is 2.00 bits per heavy atom. The molecule has 0 aromatic heterocycles. The van der Waals surface area contributed by atoms with E-state index in [0.717, 1.165) is 19.3 Å². The topological polar surface area (TPSA) is 38.0 Å². The van der Waals surface area contributed by atoms with Crippen molar-refractivity contribution in [2.24, 2.45) is 5.84 Å². The van der Waals surface area contributed by atoms with E-state index in [1.54, 1.807) is 0 Å². The quantitative estimate of drug-likeness (QED) is 0.333. The number of nitrogens with two attached hydrogens (primary N) is 1. The molecule has 0 saturated carbocycles. The molecule has 0 fully saturated rings. The molecule has 0 rings (SSSR count). The Labute approximate surface area is 108 Å². The standard InChI is InChI=1S/C13H27F3N2/c1-2-3-4-5-6-7-8-9-12(18-17)10-11-13(14,15)16/h12,18H,2-11,17H2,1H3. The zero-order valence-electron chi connectivity index (χ0n) is 11.4. The largest absolute Gasteiger partial charge is 0.389 e. The first-order valence-electron chi connectivity index (χ1n) is 7.02. The highest BCUT2D eigenvalue weighted by Gasteiger charge is 2.27. The highest BCUT2D eigenvalue weighted by molar-refractivity contribution is 4.66. The molecule has 1 unspecified atom stereocenters. The van der Waals surface area contributed by atoms with E-state index < -0.39 is 12.6 Å². The minimum Gasteiger partial charge on any atom is -0.271 e. The van der Waals surface area contributed by atoms with E-state index in [-0.39, 0.29) is 12.5 Å². The lowest BCUT2D eigenvalue weighted by atomic mass is 10.0. The van der Waals surface area contributed by atoms with Gasteiger partial charge in [-0.2, -0.15) is 13.2 Å². The van der Waals surface area contributed by atoms with E-state index in [1.807, 2.05) is 0 Å². The molecule has 0 radical (unpaired) electrons. The number of hydrazine groups is 1. The van der Waals surface area contributed by atoms with E-state index in [1.165, 1.54) is 32.1 Å². The van der Waals surface area contributed by atoms with Crippen LogP contribution in [0.3, 0.4) is 0 Å². The molecule has 0 aliphatic carbocycles. The van der Waals surface area contributed by atoms with Gasteiger partial charge in [0.2, 0.25) is 0 Å². The predicted octanol–water partition coefficient (Wildman–Crippen LogP) is 4.30. The maximum Gasteiger partial charge on any atom is 0.389 e. The summed E-state index contributed by atoms with van der Waals surface area (Å²) in [5.74, 6) is 5.27. The van der Waals surface area contributed by atoms with Crippen molar-refractivity contribution in [2.45, 2.75) is 83.4 Å². The number of halogens is 3. The fourth-order valence-electron chi connectivity index (χ4n) is 2.00. The number of alkyl halides is 3. The monoisotopic (exact) mass is 268 g/mol. The van der Waals surface area contributed by atoms with Gasteiger partial charge >= 0.3 is 6.18 Å². The molecule has 3 N–H and O–H groups in total. The summed E-state index contributed by atoms with van der Waals surface area (Å²) in [5.41, 5.74) is 2.49. The van der Waals surface area contributed by atoms with Gasteiger partial charge in [-0.1, -0.05) is 51.9 Å². The zero-order chi connectivity index (χ0) is 13.9. The first-order valence-corrected chi connectivity index (χ1v) is 7.02. The third kappa shape index (κ3) is 12.2. The summed E-state index contributed by atoms with van der Waals surface area (Å²) < 4.78 is 36.1. The van der Waals surface area contributed by atoms with Gasteiger partial charge in [0, 0.05) is 12.5 Å². The lowest BCUT2D eigenvalue weighted by Gasteiger charge is -2.16. The summed E-state index contributed by atoms with van der Waals surface area (Å²) in [7, 11) is 0. The SMILES string of the molecule is CCCCCCCCCC(CCC(F)(F)F)NN. The van der Waals surface area contributed by atoms with Crippen molar-refractivity contribution in [2.75, 3.05) is 0 Å². The van der Waals surface area contributed by atoms with Crippen LogP contribution in [0, 0.1) is 0 Å². The Kier molecular flexibility index (Phi) is 10.4. The molecular formula is C13H27F3N2. The van der Waals surface area contributed by atoms with Gasteiger partial charge in [-0.15, -0.1) is 0 Å². The summed E-state index contributed by atoms with van der Waals surface area (Å²) >= 11 is 0. The van der Waals surface area contributed by atoms with Crippen LogP contribution in [-0.2, 0) is 0 Å². The number of nitrogens with one attached hydrogen (secondary N) is 1. The van der Waals surface area contributed by atoms with Gasteiger partial charge in [-0.3, -0.25) is 11.3 Å². The van der Waals surface area contributed by atoms with E-state index >= 15 is 0 Å². The van der Waals surface area contributed by atoms with Gasteiger partial charge in [-0.25, -0.2) is 0 Å². The van der Waals surface area contributed by atoms with Crippen LogP contribution in [0.4, 0.5) is 13.2 Å². The zero-order valence-corrected chi connectivity index (χ0v) is 11.4. The highest BCUT2D eigenvalue weighted by Crippen LogP contribution is 2.23. The number of unbranched alkanes of at least 4 members (excludes halogenated alkanes) is 6. The Bertz CT molecular complexity index is 184. The lowest BCUT2D eigenvalue weighted by Crippen LogP contribution is -2.35. The molecule has 2 nitrogen and oxygen atoms in total. The fraction of sp³-hybridized carbons (Fsp3) is 1.00. The van der Waals surface area contributed by atoms with Crippen LogP contribution in [0.2, 0.25) is 0 Å². The molecule has 110 valence electrons. The number of rotatable bonds is 11. The highest BCUT2D eigenvalue weighted by atomic mass is 19.4. The Balaban J connectivity index is 3.44. The Morgan fingerprint density at radius 1 is 0.944 bits per heavy atom. The molecule has 0 aromatic rings. The number of hydrogen-bond acceptors (Lipinski definition) is 2. The minimum atomic E-state index is -4.07. The minimum absolute atomic E-state index is 0.0792. The molecule has 1 atom stereocenters. The summed E-state index contributed by atoms with van der Waals surface area (Å²) in [6.45, 7) is 2.18. The van der Waals surface area contributed by atoms with Gasteiger partial charge in [0.15, 0.2) is 0 Å². The van der Waals surface area contributed by atoms with Crippen LogP contribution in [-0.4, -0.2) is 12.2 Å². The second-order valence-corrected chi connectivity index (χ2v) is 4.93. The van der Waals surface area contributed by atoms with Crippen molar-refractivity contribution in [1.29, 1.82) is 0 Å². The molecule has 0 amide bonds. The van der Waals surface area contributed by atoms with E-state index in [9.17, 15) is 13.2 Å². The second kappa shape index (κ2) is 10.6. The smallest absolute Gasteiger partial charge is 0.271 e. The summed E-state index contributed by atoms with van der Waals surface area (Å²) in [6.07, 6.45) is 4.22. The van der Waals surface area contributed by atoms with Crippen LogP contribution in [0.25, 0.3) is 0 Å². The van der Waals surface area contributed by atoms with Gasteiger partial charge in [-0.05, 0) is 12.8 Å². The van der Waals surface area contributed by atoms with Crippen molar-refractivity contribution in [3.63, 3.8) is 0 Å². The van der Waals surface area contributed by atoms with Crippen molar-refractivity contribution < 1.29 is 13.2 Å². The summed E-state index contributed by atoms with van der Waals surface area (Å²) in [6, 6.07) is -0.206. The maximum absolute atomic E-state index is 12.0. The maximum atomic E-state index is 12.0. The average Bonchev–Trinajstić information content (AvgIpc) is 2.30. The van der Waals surface area contributed by atoms with Crippen molar-refractivity contribution in [3.8, 4) is 0 Å². The second-order valence-electron chi connectivity index (χ2n) is 4.93. The van der Waals surface area contributed by atoms with Crippen LogP contribution in [0.5, 0.6) is 0 Å².